The molecule has 0 saturated carbocycles. The predicted octanol–water partition coefficient (Wildman–Crippen LogP) is 8.66. The van der Waals surface area contributed by atoms with Crippen LogP contribution in [0.2, 0.25) is 0 Å². The number of allylic oxidation sites excluding steroid dienone is 1. The molecule has 0 unspecified atom stereocenters. The Kier molecular flexibility index (Phi) is 5.63. The summed E-state index contributed by atoms with van der Waals surface area (Å²) < 4.78 is 27.5. The summed E-state index contributed by atoms with van der Waals surface area (Å²) in [4.78, 5) is 34.6. The van der Waals surface area contributed by atoms with E-state index in [1.807, 2.05) is 48.7 Å². The molecule has 2 aromatic heterocycles. The van der Waals surface area contributed by atoms with Gasteiger partial charge in [-0.3, -0.25) is 14.5 Å². The number of hydrogen-bond donors (Lipinski definition) is 0. The molecule has 0 fully saturated rings. The van der Waals surface area contributed by atoms with Crippen LogP contribution in [0.5, 0.6) is 0 Å². The first kappa shape index (κ1) is 25.2. The van der Waals surface area contributed by atoms with Crippen LogP contribution in [0.1, 0.15) is 50.6 Å². The fourth-order valence-corrected chi connectivity index (χ4v) is 7.00. The highest BCUT2D eigenvalue weighted by Gasteiger charge is 2.39. The van der Waals surface area contributed by atoms with Crippen molar-refractivity contribution in [3.8, 4) is 10.4 Å². The summed E-state index contributed by atoms with van der Waals surface area (Å²) in [6.45, 7) is 4.29. The Balaban J connectivity index is 1.29. The van der Waals surface area contributed by atoms with Gasteiger partial charge in [-0.15, -0.1) is 11.3 Å². The summed E-state index contributed by atoms with van der Waals surface area (Å²) in [5.41, 5.74) is 4.54. The number of benzene rings is 3. The lowest BCUT2D eigenvalue weighted by Crippen LogP contribution is -2.17. The van der Waals surface area contributed by atoms with Crippen molar-refractivity contribution in [1.82, 2.24) is 4.98 Å². The molecule has 5 aromatic rings. The van der Waals surface area contributed by atoms with E-state index in [1.165, 1.54) is 17.4 Å². The summed E-state index contributed by atoms with van der Waals surface area (Å²) in [6, 6.07) is 25.9. The van der Waals surface area contributed by atoms with Crippen molar-refractivity contribution in [1.29, 1.82) is 0 Å². The van der Waals surface area contributed by atoms with Gasteiger partial charge in [-0.25, -0.2) is 13.8 Å². The summed E-state index contributed by atoms with van der Waals surface area (Å²) >= 11 is 1.47. The molecule has 41 heavy (non-hydrogen) atoms. The minimum atomic E-state index is -1.15. The maximum absolute atomic E-state index is 13.8. The number of Topliss-reactive ketones (excluding diaryl/α,β-unsaturated/α-hetero) is 2. The van der Waals surface area contributed by atoms with Crippen molar-refractivity contribution >= 4 is 46.2 Å². The fourth-order valence-electron chi connectivity index (χ4n) is 5.71. The number of fused-ring (bicyclic) bond motifs is 4. The van der Waals surface area contributed by atoms with Crippen LogP contribution < -0.4 is 4.90 Å². The zero-order chi connectivity index (χ0) is 28.5. The van der Waals surface area contributed by atoms with Crippen LogP contribution in [-0.4, -0.2) is 16.6 Å². The quantitative estimate of drug-likeness (QED) is 0.163. The molecule has 7 rings (SSSR count). The maximum atomic E-state index is 13.8. The normalized spacial score (nSPS) is 14.6. The minimum Gasteiger partial charge on any atom is -0.295 e. The zero-order valence-electron chi connectivity index (χ0n) is 22.1. The number of thiophene rings is 1. The predicted molar refractivity (Wildman–Crippen MR) is 157 cm³/mol. The van der Waals surface area contributed by atoms with Gasteiger partial charge in [0.05, 0.1) is 5.57 Å². The van der Waals surface area contributed by atoms with Crippen molar-refractivity contribution in [3.05, 3.63) is 135 Å². The molecule has 7 heteroatoms. The van der Waals surface area contributed by atoms with Crippen LogP contribution in [0.25, 0.3) is 16.5 Å². The van der Waals surface area contributed by atoms with Crippen molar-refractivity contribution in [2.24, 2.45) is 0 Å². The minimum absolute atomic E-state index is 0.0854. The number of aromatic nitrogens is 1. The summed E-state index contributed by atoms with van der Waals surface area (Å²) in [6.07, 6.45) is 3.42. The second-order valence-electron chi connectivity index (χ2n) is 10.6. The lowest BCUT2D eigenvalue weighted by atomic mass is 9.83. The molecule has 0 bridgehead atoms. The summed E-state index contributed by atoms with van der Waals surface area (Å²) in [5.74, 6) is -2.68. The largest absolute Gasteiger partial charge is 0.295 e. The molecular weight excluding hydrogens is 538 g/mol. The van der Waals surface area contributed by atoms with E-state index < -0.39 is 23.2 Å². The molecule has 0 amide bonds. The number of anilines is 3. The Morgan fingerprint density at radius 3 is 1.88 bits per heavy atom. The number of ketones is 2. The number of nitrogens with zero attached hydrogens (tertiary/aromatic N) is 2. The molecule has 0 aliphatic heterocycles. The zero-order valence-corrected chi connectivity index (χ0v) is 22.9. The molecular formula is C34H22F2N2O2S. The van der Waals surface area contributed by atoms with Crippen LogP contribution >= 0.6 is 11.3 Å². The highest BCUT2D eigenvalue weighted by atomic mass is 32.1. The van der Waals surface area contributed by atoms with Gasteiger partial charge in [-0.05, 0) is 65.7 Å². The van der Waals surface area contributed by atoms with E-state index in [-0.39, 0.29) is 22.1 Å². The smallest absolute Gasteiger partial charge is 0.197 e. The molecule has 2 heterocycles. The van der Waals surface area contributed by atoms with E-state index >= 15 is 0 Å². The van der Waals surface area contributed by atoms with Crippen molar-refractivity contribution in [2.75, 3.05) is 4.90 Å². The molecule has 0 atom stereocenters. The standard InChI is InChI=1S/C34H22F2N2O2S/c1-34(2)26-17-30(38(19-9-5-3-6-10-19)20-11-7-4-8-12-20)37-18-25(26)33-27(34)14-21(41-33)13-24-31(39)22-15-28(35)29(36)16-23(22)32(24)40/h3-18H,1-2H3. The molecule has 4 nitrogen and oxygen atoms in total. The van der Waals surface area contributed by atoms with E-state index in [4.69, 9.17) is 4.98 Å². The van der Waals surface area contributed by atoms with Gasteiger partial charge in [-0.1, -0.05) is 50.2 Å². The first-order valence-corrected chi connectivity index (χ1v) is 13.9. The molecule has 0 saturated heterocycles. The van der Waals surface area contributed by atoms with E-state index in [0.29, 0.717) is 0 Å². The van der Waals surface area contributed by atoms with Crippen LogP contribution in [0, 0.1) is 11.6 Å². The third-order valence-corrected chi connectivity index (χ3v) is 8.93. The van der Waals surface area contributed by atoms with E-state index in [2.05, 4.69) is 49.1 Å². The van der Waals surface area contributed by atoms with Crippen LogP contribution in [0.15, 0.2) is 96.7 Å². The van der Waals surface area contributed by atoms with Crippen LogP contribution in [-0.2, 0) is 5.41 Å². The number of carbonyl (C=O) groups is 2. The molecule has 2 aliphatic rings. The Hall–Kier alpha value is -4.75. The SMILES string of the molecule is CC1(C)c2cc(N(c3ccccc3)c3ccccc3)ncc2-c2sc(C=C3C(=O)c4cc(F)c(F)cc4C3=O)cc21. The lowest BCUT2D eigenvalue weighted by Gasteiger charge is -2.27. The van der Waals surface area contributed by atoms with Crippen LogP contribution in [0.4, 0.5) is 26.0 Å². The van der Waals surface area contributed by atoms with Gasteiger partial charge in [0.2, 0.25) is 0 Å². The average Bonchev–Trinajstić information content (AvgIpc) is 3.57. The maximum Gasteiger partial charge on any atom is 0.197 e. The van der Waals surface area contributed by atoms with Gasteiger partial charge in [0, 0.05) is 49.4 Å². The number of para-hydroxylation sites is 2. The Labute approximate surface area is 239 Å². The number of hydrogen-bond acceptors (Lipinski definition) is 5. The number of rotatable bonds is 4. The first-order valence-electron chi connectivity index (χ1n) is 13.1. The van der Waals surface area contributed by atoms with Gasteiger partial charge in [0.1, 0.15) is 5.82 Å². The van der Waals surface area contributed by atoms with E-state index in [1.54, 1.807) is 0 Å². The third kappa shape index (κ3) is 3.88. The molecule has 0 radical (unpaired) electrons. The molecule has 200 valence electrons. The second-order valence-corrected chi connectivity index (χ2v) is 11.7. The van der Waals surface area contributed by atoms with Gasteiger partial charge >= 0.3 is 0 Å². The second kappa shape index (κ2) is 9.14. The Morgan fingerprint density at radius 1 is 0.756 bits per heavy atom. The molecule has 3 aromatic carbocycles. The third-order valence-electron chi connectivity index (χ3n) is 7.82. The van der Waals surface area contributed by atoms with Gasteiger partial charge < -0.3 is 0 Å². The average molecular weight is 561 g/mol. The highest BCUT2D eigenvalue weighted by Crippen LogP contribution is 2.53. The highest BCUT2D eigenvalue weighted by molar-refractivity contribution is 7.16. The van der Waals surface area contributed by atoms with Gasteiger partial charge in [0.15, 0.2) is 23.2 Å². The van der Waals surface area contributed by atoms with E-state index in [9.17, 15) is 18.4 Å². The number of halogens is 2. The molecule has 0 spiro atoms. The summed E-state index contributed by atoms with van der Waals surface area (Å²) in [7, 11) is 0. The fraction of sp³-hybridized carbons (Fsp3) is 0.0882. The Bertz CT molecular complexity index is 1850. The van der Waals surface area contributed by atoms with E-state index in [0.717, 1.165) is 55.8 Å². The number of pyridine rings is 1. The Morgan fingerprint density at radius 2 is 1.32 bits per heavy atom. The molecule has 0 N–H and O–H groups in total. The number of carbonyl (C=O) groups excluding carboxylic acids is 2. The topological polar surface area (TPSA) is 50.3 Å². The van der Waals surface area contributed by atoms with Gasteiger partial charge in [0.25, 0.3) is 0 Å². The van der Waals surface area contributed by atoms with Crippen molar-refractivity contribution < 1.29 is 18.4 Å². The first-order chi connectivity index (χ1) is 19.7. The van der Waals surface area contributed by atoms with Crippen molar-refractivity contribution in [3.63, 3.8) is 0 Å². The lowest BCUT2D eigenvalue weighted by molar-refractivity contribution is 0.0990. The monoisotopic (exact) mass is 560 g/mol. The summed E-state index contributed by atoms with van der Waals surface area (Å²) in [5, 5.41) is 0. The molecule has 2 aliphatic carbocycles. The van der Waals surface area contributed by atoms with Gasteiger partial charge in [-0.2, -0.15) is 0 Å². The van der Waals surface area contributed by atoms with Crippen molar-refractivity contribution in [2.45, 2.75) is 19.3 Å². The van der Waals surface area contributed by atoms with Crippen LogP contribution in [0.3, 0.4) is 0 Å².